The number of thiophene rings is 1. The summed E-state index contributed by atoms with van der Waals surface area (Å²) < 4.78 is 29.3. The summed E-state index contributed by atoms with van der Waals surface area (Å²) in [5.41, 5.74) is 2.02. The summed E-state index contributed by atoms with van der Waals surface area (Å²) in [4.78, 5) is 3.42. The first kappa shape index (κ1) is 19.1. The Balaban J connectivity index is 1.76. The predicted molar refractivity (Wildman–Crippen MR) is 104 cm³/mol. The van der Waals surface area contributed by atoms with Crippen molar-refractivity contribution >= 4 is 32.8 Å². The summed E-state index contributed by atoms with van der Waals surface area (Å²) in [6, 6.07) is 10.9. The van der Waals surface area contributed by atoms with Crippen LogP contribution in [0.4, 0.5) is 0 Å². The number of rotatable bonds is 6. The van der Waals surface area contributed by atoms with Crippen molar-refractivity contribution in [2.75, 3.05) is 13.3 Å². The highest BCUT2D eigenvalue weighted by atomic mass is 35.5. The Morgan fingerprint density at radius 2 is 1.92 bits per heavy atom. The second kappa shape index (κ2) is 7.52. The molecule has 0 bridgehead atoms. The molecule has 0 aliphatic carbocycles. The molecule has 5 nitrogen and oxygen atoms in total. The van der Waals surface area contributed by atoms with Crippen molar-refractivity contribution in [1.82, 2.24) is 10.1 Å². The molecule has 138 valence electrons. The minimum Gasteiger partial charge on any atom is -0.355 e. The number of halogens is 1. The summed E-state index contributed by atoms with van der Waals surface area (Å²) in [7, 11) is -1.18. The summed E-state index contributed by atoms with van der Waals surface area (Å²) in [6.45, 7) is 2.72. The van der Waals surface area contributed by atoms with Crippen LogP contribution >= 0.6 is 22.9 Å². The van der Waals surface area contributed by atoms with Gasteiger partial charge in [-0.3, -0.25) is 4.90 Å². The van der Waals surface area contributed by atoms with E-state index >= 15 is 0 Å². The van der Waals surface area contributed by atoms with E-state index in [4.69, 9.17) is 16.1 Å². The van der Waals surface area contributed by atoms with Crippen molar-refractivity contribution < 1.29 is 12.9 Å². The van der Waals surface area contributed by atoms with Gasteiger partial charge >= 0.3 is 0 Å². The Kier molecular flexibility index (Phi) is 5.53. The molecule has 0 saturated carbocycles. The van der Waals surface area contributed by atoms with E-state index in [1.165, 1.54) is 17.6 Å². The van der Waals surface area contributed by atoms with E-state index in [0.29, 0.717) is 15.8 Å². The molecule has 26 heavy (non-hydrogen) atoms. The molecule has 3 rings (SSSR count). The molecule has 0 fully saturated rings. The molecule has 0 radical (unpaired) electrons. The summed E-state index contributed by atoms with van der Waals surface area (Å²) >= 11 is 7.47. The zero-order chi connectivity index (χ0) is 18.9. The fraction of sp³-hybridized carbons (Fsp3) is 0.278. The van der Waals surface area contributed by atoms with Crippen LogP contribution in [0.5, 0.6) is 0 Å². The maximum atomic E-state index is 11.6. The van der Waals surface area contributed by atoms with E-state index in [1.54, 1.807) is 18.3 Å². The normalized spacial score (nSPS) is 13.3. The minimum absolute atomic E-state index is 0.0956. The average molecular weight is 411 g/mol. The number of hydrogen-bond donors (Lipinski definition) is 0. The quantitative estimate of drug-likeness (QED) is 0.591. The summed E-state index contributed by atoms with van der Waals surface area (Å²) in [5.74, 6) is 0.730. The first-order valence-electron chi connectivity index (χ1n) is 7.95. The lowest BCUT2D eigenvalue weighted by atomic mass is 10.1. The molecular weight excluding hydrogens is 392 g/mol. The van der Waals surface area contributed by atoms with E-state index in [9.17, 15) is 8.42 Å². The summed E-state index contributed by atoms with van der Waals surface area (Å²) in [6.07, 6.45) is 2.93. The molecule has 0 amide bonds. The molecular formula is C18H19ClN2O3S2. The Morgan fingerprint density at radius 1 is 1.23 bits per heavy atom. The Labute approximate surface area is 162 Å². The van der Waals surface area contributed by atoms with Crippen molar-refractivity contribution in [2.24, 2.45) is 0 Å². The van der Waals surface area contributed by atoms with Crippen molar-refractivity contribution in [3.05, 3.63) is 58.1 Å². The highest BCUT2D eigenvalue weighted by molar-refractivity contribution is 7.90. The lowest BCUT2D eigenvalue weighted by Gasteiger charge is -2.24. The molecule has 0 aliphatic rings. The third-order valence-corrected chi connectivity index (χ3v) is 6.67. The van der Waals surface area contributed by atoms with Gasteiger partial charge in [0.05, 0.1) is 20.3 Å². The largest absolute Gasteiger partial charge is 0.355 e. The van der Waals surface area contributed by atoms with Gasteiger partial charge in [0.15, 0.2) is 15.6 Å². The Hall–Kier alpha value is -1.67. The van der Waals surface area contributed by atoms with E-state index in [-0.39, 0.29) is 6.04 Å². The van der Waals surface area contributed by atoms with Crippen LogP contribution in [0.25, 0.3) is 10.6 Å². The summed E-state index contributed by atoms with van der Waals surface area (Å²) in [5, 5.41) is 3.93. The smallest absolute Gasteiger partial charge is 0.181 e. The van der Waals surface area contributed by atoms with Crippen LogP contribution in [0, 0.1) is 0 Å². The average Bonchev–Trinajstić information content (AvgIpc) is 3.22. The second-order valence-corrected chi connectivity index (χ2v) is 9.95. The number of nitrogens with zero attached hydrogens (tertiary/aromatic N) is 2. The molecule has 2 heterocycles. The van der Waals surface area contributed by atoms with Crippen LogP contribution in [0.2, 0.25) is 4.34 Å². The molecule has 1 aromatic carbocycles. The van der Waals surface area contributed by atoms with Gasteiger partial charge in [-0.2, -0.15) is 0 Å². The molecule has 8 heteroatoms. The van der Waals surface area contributed by atoms with Crippen LogP contribution in [-0.2, 0) is 16.4 Å². The first-order valence-corrected chi connectivity index (χ1v) is 11.0. The molecule has 0 saturated heterocycles. The molecule has 1 atom stereocenters. The van der Waals surface area contributed by atoms with Crippen LogP contribution in [0.1, 0.15) is 24.1 Å². The molecule has 3 aromatic rings. The fourth-order valence-electron chi connectivity index (χ4n) is 2.67. The van der Waals surface area contributed by atoms with Gasteiger partial charge in [0.2, 0.25) is 0 Å². The monoisotopic (exact) mass is 410 g/mol. The fourth-order valence-corrected chi connectivity index (χ4v) is 4.35. The van der Waals surface area contributed by atoms with Crippen molar-refractivity contribution in [1.29, 1.82) is 0 Å². The first-order chi connectivity index (χ1) is 12.3. The molecule has 2 aromatic heterocycles. The van der Waals surface area contributed by atoms with E-state index in [2.05, 4.69) is 17.0 Å². The second-order valence-electron chi connectivity index (χ2n) is 6.22. The van der Waals surface area contributed by atoms with Gasteiger partial charge in [-0.25, -0.2) is 8.42 Å². The topological polar surface area (TPSA) is 63.4 Å². The number of sulfone groups is 1. The van der Waals surface area contributed by atoms with Crippen molar-refractivity contribution in [2.45, 2.75) is 24.4 Å². The zero-order valence-electron chi connectivity index (χ0n) is 14.6. The van der Waals surface area contributed by atoms with Crippen molar-refractivity contribution in [3.8, 4) is 10.6 Å². The molecule has 0 N–H and O–H groups in total. The maximum absolute atomic E-state index is 11.6. The van der Waals surface area contributed by atoms with Gasteiger partial charge in [-0.05, 0) is 43.8 Å². The number of aromatic nitrogens is 1. The van der Waals surface area contributed by atoms with E-state index in [1.807, 2.05) is 31.3 Å². The highest BCUT2D eigenvalue weighted by Gasteiger charge is 2.18. The van der Waals surface area contributed by atoms with Gasteiger partial charge in [0, 0.05) is 24.4 Å². The van der Waals surface area contributed by atoms with Crippen LogP contribution in [0.15, 0.2) is 52.0 Å². The molecule has 0 spiro atoms. The zero-order valence-corrected chi connectivity index (χ0v) is 17.0. The number of hydrogen-bond acceptors (Lipinski definition) is 6. The van der Waals surface area contributed by atoms with Gasteiger partial charge < -0.3 is 4.52 Å². The lowest BCUT2D eigenvalue weighted by molar-refractivity contribution is 0.253. The lowest BCUT2D eigenvalue weighted by Crippen LogP contribution is -2.22. The van der Waals surface area contributed by atoms with E-state index in [0.717, 1.165) is 21.8 Å². The van der Waals surface area contributed by atoms with Gasteiger partial charge in [0.25, 0.3) is 0 Å². The third-order valence-electron chi connectivity index (χ3n) is 4.31. The predicted octanol–water partition coefficient (Wildman–Crippen LogP) is 4.65. The Bertz CT molecular complexity index is 994. The van der Waals surface area contributed by atoms with Crippen LogP contribution in [-0.4, -0.2) is 31.8 Å². The minimum atomic E-state index is -3.18. The van der Waals surface area contributed by atoms with Gasteiger partial charge in [-0.15, -0.1) is 11.3 Å². The van der Waals surface area contributed by atoms with Crippen LogP contribution < -0.4 is 0 Å². The van der Waals surface area contributed by atoms with Crippen LogP contribution in [0.3, 0.4) is 0 Å². The van der Waals surface area contributed by atoms with E-state index < -0.39 is 9.84 Å². The maximum Gasteiger partial charge on any atom is 0.181 e. The van der Waals surface area contributed by atoms with Crippen molar-refractivity contribution in [3.63, 3.8) is 0 Å². The van der Waals surface area contributed by atoms with Gasteiger partial charge in [-0.1, -0.05) is 28.9 Å². The van der Waals surface area contributed by atoms with Gasteiger partial charge in [0.1, 0.15) is 0 Å². The molecule has 0 unspecified atom stereocenters. The highest BCUT2D eigenvalue weighted by Crippen LogP contribution is 2.34. The SMILES string of the molecule is C[C@@H](c1ccc(S(C)(=O)=O)cc1)N(C)Cc1cnoc1-c1ccc(Cl)s1. The Morgan fingerprint density at radius 3 is 2.50 bits per heavy atom. The standard InChI is InChI=1S/C18H19ClN2O3S2/c1-12(13-4-6-15(7-5-13)26(3,22)23)21(2)11-14-10-20-24-18(14)16-8-9-17(19)25-16/h4-10,12H,11H2,1-3H3/t12-/m0/s1. The molecule has 0 aliphatic heterocycles. The number of benzene rings is 1. The third kappa shape index (κ3) is 4.17.